The van der Waals surface area contributed by atoms with Crippen molar-refractivity contribution in [3.05, 3.63) is 23.8 Å². The number of fused-ring (bicyclic) bond motifs is 1. The highest BCUT2D eigenvalue weighted by atomic mass is 16.6. The molecule has 0 aromatic heterocycles. The predicted molar refractivity (Wildman–Crippen MR) is 91.7 cm³/mol. The largest absolute Gasteiger partial charge is 0.486 e. The maximum atomic E-state index is 12.1. The van der Waals surface area contributed by atoms with Gasteiger partial charge in [0.2, 0.25) is 5.91 Å². The van der Waals surface area contributed by atoms with E-state index in [4.69, 9.17) is 14.2 Å². The molecular formula is C19H27NO4. The second kappa shape index (κ2) is 7.43. The molecule has 0 unspecified atom stereocenters. The van der Waals surface area contributed by atoms with Crippen LogP contribution >= 0.6 is 0 Å². The van der Waals surface area contributed by atoms with Crippen molar-refractivity contribution in [3.63, 3.8) is 0 Å². The third-order valence-corrected chi connectivity index (χ3v) is 4.77. The van der Waals surface area contributed by atoms with Crippen molar-refractivity contribution in [2.45, 2.75) is 51.0 Å². The molecular weight excluding hydrogens is 306 g/mol. The lowest BCUT2D eigenvalue weighted by atomic mass is 9.84. The molecule has 2 aliphatic rings. The first-order valence-electron chi connectivity index (χ1n) is 8.83. The van der Waals surface area contributed by atoms with Crippen LogP contribution in [0.3, 0.4) is 0 Å². The summed E-state index contributed by atoms with van der Waals surface area (Å²) in [5.41, 5.74) is 0.959. The maximum absolute atomic E-state index is 12.1. The normalized spacial score (nSPS) is 20.0. The monoisotopic (exact) mass is 333 g/mol. The average molecular weight is 333 g/mol. The summed E-state index contributed by atoms with van der Waals surface area (Å²) in [5.74, 6) is 1.68. The fraction of sp³-hybridized carbons (Fsp3) is 0.632. The molecule has 0 aliphatic carbocycles. The SMILES string of the molecule is CC(C)(CNC(=O)CC[C@H]1CCCO1)c1ccc2c(c1)OCCO2. The molecule has 1 saturated heterocycles. The Bertz CT molecular complexity index is 579. The molecule has 0 saturated carbocycles. The third kappa shape index (κ3) is 4.20. The Morgan fingerprint density at radius 2 is 2.00 bits per heavy atom. The third-order valence-electron chi connectivity index (χ3n) is 4.77. The smallest absolute Gasteiger partial charge is 0.220 e. The van der Waals surface area contributed by atoms with E-state index in [1.807, 2.05) is 18.2 Å². The topological polar surface area (TPSA) is 56.8 Å². The fourth-order valence-corrected chi connectivity index (χ4v) is 3.14. The van der Waals surface area contributed by atoms with Gasteiger partial charge in [-0.15, -0.1) is 0 Å². The van der Waals surface area contributed by atoms with E-state index >= 15 is 0 Å². The van der Waals surface area contributed by atoms with Gasteiger partial charge in [0.1, 0.15) is 13.2 Å². The molecule has 1 atom stereocenters. The van der Waals surface area contributed by atoms with Crippen LogP contribution in [0.25, 0.3) is 0 Å². The van der Waals surface area contributed by atoms with Crippen LogP contribution in [0.5, 0.6) is 11.5 Å². The van der Waals surface area contributed by atoms with E-state index in [-0.39, 0.29) is 17.4 Å². The van der Waals surface area contributed by atoms with Crippen LogP contribution in [0.15, 0.2) is 18.2 Å². The Labute approximate surface area is 143 Å². The van der Waals surface area contributed by atoms with Crippen molar-refractivity contribution in [2.24, 2.45) is 0 Å². The molecule has 1 amide bonds. The Hall–Kier alpha value is -1.75. The zero-order valence-corrected chi connectivity index (χ0v) is 14.6. The number of carbonyl (C=O) groups is 1. The number of hydrogen-bond acceptors (Lipinski definition) is 4. The minimum atomic E-state index is -0.171. The van der Waals surface area contributed by atoms with Crippen LogP contribution < -0.4 is 14.8 Å². The molecule has 132 valence electrons. The first kappa shape index (κ1) is 17.1. The summed E-state index contributed by atoms with van der Waals surface area (Å²) in [6.45, 7) is 6.85. The van der Waals surface area contributed by atoms with Crippen molar-refractivity contribution in [1.82, 2.24) is 5.32 Å². The van der Waals surface area contributed by atoms with Crippen LogP contribution in [0, 0.1) is 0 Å². The second-order valence-electron chi connectivity index (χ2n) is 7.19. The Balaban J connectivity index is 1.52. The lowest BCUT2D eigenvalue weighted by Crippen LogP contribution is -2.37. The molecule has 5 heteroatoms. The van der Waals surface area contributed by atoms with Crippen LogP contribution in [0.4, 0.5) is 0 Å². The van der Waals surface area contributed by atoms with Crippen LogP contribution in [-0.4, -0.2) is 38.4 Å². The summed E-state index contributed by atoms with van der Waals surface area (Å²) in [5, 5.41) is 3.06. The van der Waals surface area contributed by atoms with Crippen molar-refractivity contribution in [1.29, 1.82) is 0 Å². The first-order chi connectivity index (χ1) is 11.5. The number of amides is 1. The van der Waals surface area contributed by atoms with Gasteiger partial charge in [-0.1, -0.05) is 19.9 Å². The Morgan fingerprint density at radius 3 is 2.75 bits per heavy atom. The molecule has 0 radical (unpaired) electrons. The van der Waals surface area contributed by atoms with Gasteiger partial charge in [-0.3, -0.25) is 4.79 Å². The first-order valence-corrected chi connectivity index (χ1v) is 8.83. The highest BCUT2D eigenvalue weighted by molar-refractivity contribution is 5.76. The van der Waals surface area contributed by atoms with Gasteiger partial charge in [-0.05, 0) is 37.0 Å². The zero-order chi connectivity index (χ0) is 17.0. The number of nitrogens with one attached hydrogen (secondary N) is 1. The molecule has 1 aromatic rings. The molecule has 1 aromatic carbocycles. The summed E-state index contributed by atoms with van der Waals surface area (Å²) in [6, 6.07) is 6.02. The summed E-state index contributed by atoms with van der Waals surface area (Å²) in [7, 11) is 0. The van der Waals surface area contributed by atoms with E-state index < -0.39 is 0 Å². The number of carbonyl (C=O) groups excluding carboxylic acids is 1. The van der Waals surface area contributed by atoms with E-state index in [1.54, 1.807) is 0 Å². The lowest BCUT2D eigenvalue weighted by Gasteiger charge is -2.28. The Kier molecular flexibility index (Phi) is 5.29. The van der Waals surface area contributed by atoms with Crippen LogP contribution in [0.1, 0.15) is 45.1 Å². The van der Waals surface area contributed by atoms with Crippen LogP contribution in [0.2, 0.25) is 0 Å². The van der Waals surface area contributed by atoms with Gasteiger partial charge in [0, 0.05) is 25.0 Å². The summed E-state index contributed by atoms with van der Waals surface area (Å²) >= 11 is 0. The maximum Gasteiger partial charge on any atom is 0.220 e. The minimum absolute atomic E-state index is 0.0936. The van der Waals surface area contributed by atoms with Crippen molar-refractivity contribution >= 4 is 5.91 Å². The lowest BCUT2D eigenvalue weighted by molar-refractivity contribution is -0.121. The standard InChI is InChI=1S/C19H27NO4/c1-19(2,13-20-18(21)8-6-15-4-3-9-22-15)14-5-7-16-17(12-14)24-11-10-23-16/h5,7,12,15H,3-4,6,8-11,13H2,1-2H3,(H,20,21)/t15-/m1/s1. The molecule has 1 fully saturated rings. The highest BCUT2D eigenvalue weighted by Gasteiger charge is 2.24. The molecule has 0 bridgehead atoms. The molecule has 3 rings (SSSR count). The Morgan fingerprint density at radius 1 is 1.21 bits per heavy atom. The summed E-state index contributed by atoms with van der Waals surface area (Å²) < 4.78 is 16.8. The number of hydrogen-bond donors (Lipinski definition) is 1. The molecule has 2 aliphatic heterocycles. The van der Waals surface area contributed by atoms with Gasteiger partial charge in [-0.25, -0.2) is 0 Å². The molecule has 1 N–H and O–H groups in total. The van der Waals surface area contributed by atoms with Gasteiger partial charge in [-0.2, -0.15) is 0 Å². The summed E-state index contributed by atoms with van der Waals surface area (Å²) in [6.07, 6.45) is 3.80. The van der Waals surface area contributed by atoms with E-state index in [0.717, 1.165) is 42.9 Å². The van der Waals surface area contributed by atoms with E-state index in [2.05, 4.69) is 19.2 Å². The van der Waals surface area contributed by atoms with E-state index in [1.165, 1.54) is 0 Å². The van der Waals surface area contributed by atoms with Gasteiger partial charge >= 0.3 is 0 Å². The van der Waals surface area contributed by atoms with Gasteiger partial charge < -0.3 is 19.5 Å². The minimum Gasteiger partial charge on any atom is -0.486 e. The van der Waals surface area contributed by atoms with Crippen LogP contribution in [-0.2, 0) is 14.9 Å². The zero-order valence-electron chi connectivity index (χ0n) is 14.6. The van der Waals surface area contributed by atoms with Gasteiger partial charge in [0.05, 0.1) is 6.10 Å². The van der Waals surface area contributed by atoms with Crippen molar-refractivity contribution in [2.75, 3.05) is 26.4 Å². The number of ether oxygens (including phenoxy) is 3. The molecule has 0 spiro atoms. The number of rotatable bonds is 6. The molecule has 5 nitrogen and oxygen atoms in total. The fourth-order valence-electron chi connectivity index (χ4n) is 3.14. The quantitative estimate of drug-likeness (QED) is 0.870. The predicted octanol–water partition coefficient (Wildman–Crippen LogP) is 2.81. The van der Waals surface area contributed by atoms with Gasteiger partial charge in [0.15, 0.2) is 11.5 Å². The highest BCUT2D eigenvalue weighted by Crippen LogP contribution is 2.34. The van der Waals surface area contributed by atoms with Crippen molar-refractivity contribution < 1.29 is 19.0 Å². The molecule has 2 heterocycles. The average Bonchev–Trinajstić information content (AvgIpc) is 3.11. The second-order valence-corrected chi connectivity index (χ2v) is 7.19. The summed E-state index contributed by atoms with van der Waals surface area (Å²) in [4.78, 5) is 12.1. The van der Waals surface area contributed by atoms with E-state index in [9.17, 15) is 4.79 Å². The number of benzene rings is 1. The van der Waals surface area contributed by atoms with Crippen molar-refractivity contribution in [3.8, 4) is 11.5 Å². The van der Waals surface area contributed by atoms with Gasteiger partial charge in [0.25, 0.3) is 0 Å². The molecule has 24 heavy (non-hydrogen) atoms. The van der Waals surface area contributed by atoms with E-state index in [0.29, 0.717) is 26.2 Å².